The number of para-hydroxylation sites is 1. The highest BCUT2D eigenvalue weighted by atomic mass is 79.9. The summed E-state index contributed by atoms with van der Waals surface area (Å²) in [7, 11) is 2.94. The van der Waals surface area contributed by atoms with Crippen LogP contribution in [0.25, 0.3) is 0 Å². The van der Waals surface area contributed by atoms with E-state index >= 15 is 0 Å². The van der Waals surface area contributed by atoms with E-state index in [1.807, 2.05) is 0 Å². The van der Waals surface area contributed by atoms with Crippen LogP contribution in [0.1, 0.15) is 15.9 Å². The molecule has 0 bridgehead atoms. The molecule has 1 amide bonds. The molecule has 0 unspecified atom stereocenters. The van der Waals surface area contributed by atoms with Crippen molar-refractivity contribution in [3.63, 3.8) is 0 Å². The molecule has 7 heteroatoms. The average Bonchev–Trinajstić information content (AvgIpc) is 2.57. The van der Waals surface area contributed by atoms with Crippen molar-refractivity contribution in [1.29, 1.82) is 0 Å². The van der Waals surface area contributed by atoms with Crippen LogP contribution in [0.15, 0.2) is 46.0 Å². The van der Waals surface area contributed by atoms with Crippen LogP contribution in [-0.2, 0) is 0 Å². The molecule has 0 saturated carbocycles. The molecular weight excluding hydrogens is 364 g/mol. The Morgan fingerprint density at radius 2 is 1.91 bits per heavy atom. The smallest absolute Gasteiger partial charge is 0.275 e. The number of hydrogen-bond acceptors (Lipinski definition) is 5. The lowest BCUT2D eigenvalue weighted by molar-refractivity contribution is 0.0952. The van der Waals surface area contributed by atoms with Crippen LogP contribution in [0.5, 0.6) is 17.2 Å². The van der Waals surface area contributed by atoms with E-state index in [4.69, 9.17) is 9.47 Å². The molecule has 2 aromatic carbocycles. The summed E-state index contributed by atoms with van der Waals surface area (Å²) < 4.78 is 10.9. The fraction of sp³-hybridized carbons (Fsp3) is 0.125. The third-order valence-corrected chi connectivity index (χ3v) is 3.47. The third kappa shape index (κ3) is 4.01. The second-order valence-corrected chi connectivity index (χ2v) is 5.36. The van der Waals surface area contributed by atoms with Gasteiger partial charge < -0.3 is 14.6 Å². The number of aromatic hydroxyl groups is 1. The first-order valence-corrected chi connectivity index (χ1v) is 7.39. The van der Waals surface area contributed by atoms with E-state index < -0.39 is 5.91 Å². The van der Waals surface area contributed by atoms with Gasteiger partial charge in [-0.1, -0.05) is 28.1 Å². The minimum atomic E-state index is -0.417. The number of hydrogen-bond donors (Lipinski definition) is 2. The molecule has 0 aliphatic rings. The van der Waals surface area contributed by atoms with Gasteiger partial charge >= 0.3 is 0 Å². The monoisotopic (exact) mass is 378 g/mol. The van der Waals surface area contributed by atoms with Crippen molar-refractivity contribution in [1.82, 2.24) is 5.43 Å². The molecule has 23 heavy (non-hydrogen) atoms. The molecule has 0 aliphatic heterocycles. The fourth-order valence-corrected chi connectivity index (χ4v) is 2.36. The van der Waals surface area contributed by atoms with Gasteiger partial charge in [-0.2, -0.15) is 5.10 Å². The highest BCUT2D eigenvalue weighted by Crippen LogP contribution is 2.32. The molecular formula is C16H15BrN2O4. The van der Waals surface area contributed by atoms with Gasteiger partial charge in [0.1, 0.15) is 5.75 Å². The largest absolute Gasteiger partial charge is 0.504 e. The highest BCUT2D eigenvalue weighted by Gasteiger charge is 2.11. The Hall–Kier alpha value is -2.54. The van der Waals surface area contributed by atoms with E-state index in [9.17, 15) is 9.90 Å². The summed E-state index contributed by atoms with van der Waals surface area (Å²) in [5, 5.41) is 13.9. The van der Waals surface area contributed by atoms with Crippen molar-refractivity contribution in [2.24, 2.45) is 5.10 Å². The second-order valence-electron chi connectivity index (χ2n) is 4.45. The van der Waals surface area contributed by atoms with Gasteiger partial charge in [0.2, 0.25) is 0 Å². The number of nitrogens with one attached hydrogen (secondary N) is 1. The van der Waals surface area contributed by atoms with Crippen LogP contribution in [0.3, 0.4) is 0 Å². The van der Waals surface area contributed by atoms with Gasteiger partial charge in [0.05, 0.1) is 26.0 Å². The Labute approximate surface area is 141 Å². The Kier molecular flexibility index (Phi) is 5.59. The van der Waals surface area contributed by atoms with Gasteiger partial charge in [0, 0.05) is 10.0 Å². The molecule has 120 valence electrons. The first-order chi connectivity index (χ1) is 11.1. The van der Waals surface area contributed by atoms with Gasteiger partial charge in [-0.05, 0) is 24.3 Å². The molecule has 2 rings (SSSR count). The SMILES string of the molecule is COc1ccccc1C(=O)N/N=C\c1cc(Br)cc(OC)c1O. The van der Waals surface area contributed by atoms with Gasteiger partial charge in [-0.25, -0.2) is 5.43 Å². The number of amides is 1. The first kappa shape index (κ1) is 16.8. The Morgan fingerprint density at radius 1 is 1.22 bits per heavy atom. The zero-order valence-corrected chi connectivity index (χ0v) is 14.1. The van der Waals surface area contributed by atoms with Crippen LogP contribution in [0.2, 0.25) is 0 Å². The minimum absolute atomic E-state index is 0.0639. The zero-order valence-electron chi connectivity index (χ0n) is 12.5. The summed E-state index contributed by atoms with van der Waals surface area (Å²) in [5.74, 6) is 0.273. The molecule has 0 spiro atoms. The maximum atomic E-state index is 12.1. The number of ether oxygens (including phenoxy) is 2. The third-order valence-electron chi connectivity index (χ3n) is 3.01. The standard InChI is InChI=1S/C16H15BrN2O4/c1-22-13-6-4-3-5-12(13)16(21)19-18-9-10-7-11(17)8-14(23-2)15(10)20/h3-9,20H,1-2H3,(H,19,21)/b18-9-. The molecule has 0 aliphatic carbocycles. The van der Waals surface area contributed by atoms with E-state index in [1.54, 1.807) is 36.4 Å². The number of carbonyl (C=O) groups excluding carboxylic acids is 1. The minimum Gasteiger partial charge on any atom is -0.504 e. The maximum absolute atomic E-state index is 12.1. The van der Waals surface area contributed by atoms with E-state index in [2.05, 4.69) is 26.5 Å². The number of phenols is 1. The normalized spacial score (nSPS) is 10.6. The van der Waals surface area contributed by atoms with Crippen LogP contribution >= 0.6 is 15.9 Å². The lowest BCUT2D eigenvalue weighted by Crippen LogP contribution is -2.18. The van der Waals surface area contributed by atoms with Crippen molar-refractivity contribution in [2.45, 2.75) is 0 Å². The summed E-state index contributed by atoms with van der Waals surface area (Å²) in [6.07, 6.45) is 1.33. The van der Waals surface area contributed by atoms with Crippen LogP contribution in [-0.4, -0.2) is 31.4 Å². The number of halogens is 1. The number of phenolic OH excluding ortho intramolecular Hbond substituents is 1. The number of nitrogens with zero attached hydrogens (tertiary/aromatic N) is 1. The zero-order chi connectivity index (χ0) is 16.8. The molecule has 2 aromatic rings. The topological polar surface area (TPSA) is 80.2 Å². The summed E-state index contributed by atoms with van der Waals surface area (Å²) in [6.45, 7) is 0. The van der Waals surface area contributed by atoms with Crippen molar-refractivity contribution in [3.8, 4) is 17.2 Å². The molecule has 0 fully saturated rings. The van der Waals surface area contributed by atoms with Gasteiger partial charge in [-0.15, -0.1) is 0 Å². The van der Waals surface area contributed by atoms with E-state index in [1.165, 1.54) is 20.4 Å². The van der Waals surface area contributed by atoms with Crippen molar-refractivity contribution < 1.29 is 19.4 Å². The molecule has 2 N–H and O–H groups in total. The van der Waals surface area contributed by atoms with Crippen LogP contribution in [0.4, 0.5) is 0 Å². The predicted octanol–water partition coefficient (Wildman–Crippen LogP) is 2.94. The summed E-state index contributed by atoms with van der Waals surface area (Å²) >= 11 is 3.31. The Bertz CT molecular complexity index is 747. The molecule has 0 heterocycles. The number of methoxy groups -OCH3 is 2. The van der Waals surface area contributed by atoms with E-state index in [-0.39, 0.29) is 5.75 Å². The maximum Gasteiger partial charge on any atom is 0.275 e. The highest BCUT2D eigenvalue weighted by molar-refractivity contribution is 9.10. The number of carbonyl (C=O) groups is 1. The molecule has 0 saturated heterocycles. The molecule has 6 nitrogen and oxygen atoms in total. The van der Waals surface area contributed by atoms with Crippen molar-refractivity contribution in [3.05, 3.63) is 52.0 Å². The van der Waals surface area contributed by atoms with Crippen molar-refractivity contribution in [2.75, 3.05) is 14.2 Å². The fourth-order valence-electron chi connectivity index (χ4n) is 1.90. The Morgan fingerprint density at radius 3 is 2.61 bits per heavy atom. The van der Waals surface area contributed by atoms with E-state index in [0.29, 0.717) is 27.1 Å². The number of rotatable bonds is 5. The van der Waals surface area contributed by atoms with Gasteiger partial charge in [0.25, 0.3) is 5.91 Å². The summed E-state index contributed by atoms with van der Waals surface area (Å²) in [4.78, 5) is 12.1. The lowest BCUT2D eigenvalue weighted by atomic mass is 10.2. The summed E-state index contributed by atoms with van der Waals surface area (Å²) in [6, 6.07) is 10.1. The van der Waals surface area contributed by atoms with Crippen molar-refractivity contribution >= 4 is 28.1 Å². The molecule has 0 radical (unpaired) electrons. The molecule has 0 atom stereocenters. The second kappa shape index (κ2) is 7.64. The molecule has 0 aromatic heterocycles. The predicted molar refractivity (Wildman–Crippen MR) is 90.4 cm³/mol. The number of benzene rings is 2. The van der Waals surface area contributed by atoms with E-state index in [0.717, 1.165) is 0 Å². The Balaban J connectivity index is 2.16. The quantitative estimate of drug-likeness (QED) is 0.619. The van der Waals surface area contributed by atoms with Crippen LogP contribution < -0.4 is 14.9 Å². The van der Waals surface area contributed by atoms with Crippen LogP contribution in [0, 0.1) is 0 Å². The summed E-state index contributed by atoms with van der Waals surface area (Å²) in [5.41, 5.74) is 3.15. The number of hydrazone groups is 1. The van der Waals surface area contributed by atoms with Gasteiger partial charge in [0.15, 0.2) is 11.5 Å². The van der Waals surface area contributed by atoms with Gasteiger partial charge in [-0.3, -0.25) is 4.79 Å². The average molecular weight is 379 g/mol. The lowest BCUT2D eigenvalue weighted by Gasteiger charge is -2.07. The first-order valence-electron chi connectivity index (χ1n) is 6.59.